The maximum absolute atomic E-state index is 12.1. The molecular formula is C19H32ClN3O. The summed E-state index contributed by atoms with van der Waals surface area (Å²) in [6.07, 6.45) is 8.31. The predicted molar refractivity (Wildman–Crippen MR) is 103 cm³/mol. The minimum Gasteiger partial charge on any atom is -0.341 e. The van der Waals surface area contributed by atoms with E-state index in [4.69, 9.17) is 5.73 Å². The standard InChI is InChI=1S/C14H20N2O.C5H11N.ClH/c15-13(11-12-7-3-1-4-8-12)14(17)16-9-5-2-6-10-16;1-2-4-6-5-3-1;/h1,3-4,7-8,13H,2,5-6,9-11,15H2;6H,1-5H2;1H. The van der Waals surface area contributed by atoms with Crippen LogP contribution in [0.25, 0.3) is 0 Å². The second-order valence-electron chi connectivity index (χ2n) is 6.49. The van der Waals surface area contributed by atoms with Gasteiger partial charge in [-0.15, -0.1) is 12.4 Å². The number of rotatable bonds is 3. The largest absolute Gasteiger partial charge is 0.341 e. The Morgan fingerprint density at radius 2 is 1.58 bits per heavy atom. The number of nitrogens with two attached hydrogens (primary N) is 1. The molecule has 0 aliphatic carbocycles. The Labute approximate surface area is 152 Å². The van der Waals surface area contributed by atoms with Crippen molar-refractivity contribution in [3.63, 3.8) is 0 Å². The Morgan fingerprint density at radius 1 is 1.00 bits per heavy atom. The number of nitrogens with one attached hydrogen (secondary N) is 1. The molecule has 1 atom stereocenters. The van der Waals surface area contributed by atoms with Crippen molar-refractivity contribution in [2.24, 2.45) is 5.73 Å². The maximum atomic E-state index is 12.1. The van der Waals surface area contributed by atoms with Crippen LogP contribution in [0.4, 0.5) is 0 Å². The van der Waals surface area contributed by atoms with E-state index in [9.17, 15) is 4.79 Å². The van der Waals surface area contributed by atoms with Crippen LogP contribution in [-0.4, -0.2) is 43.0 Å². The molecule has 3 N–H and O–H groups in total. The molecular weight excluding hydrogens is 322 g/mol. The van der Waals surface area contributed by atoms with Gasteiger partial charge in [-0.1, -0.05) is 36.8 Å². The van der Waals surface area contributed by atoms with E-state index >= 15 is 0 Å². The molecule has 1 amide bonds. The summed E-state index contributed by atoms with van der Waals surface area (Å²) in [7, 11) is 0. The lowest BCUT2D eigenvalue weighted by Gasteiger charge is -2.29. The fourth-order valence-electron chi connectivity index (χ4n) is 3.11. The van der Waals surface area contributed by atoms with Crippen LogP contribution in [0, 0.1) is 0 Å². The van der Waals surface area contributed by atoms with Gasteiger partial charge in [0, 0.05) is 13.1 Å². The summed E-state index contributed by atoms with van der Waals surface area (Å²) in [5, 5.41) is 3.28. The molecule has 2 aliphatic rings. The zero-order valence-electron chi connectivity index (χ0n) is 14.6. The molecule has 1 unspecified atom stereocenters. The highest BCUT2D eigenvalue weighted by atomic mass is 35.5. The van der Waals surface area contributed by atoms with E-state index in [2.05, 4.69) is 5.32 Å². The van der Waals surface area contributed by atoms with E-state index in [1.807, 2.05) is 35.2 Å². The van der Waals surface area contributed by atoms with Crippen LogP contribution in [0.2, 0.25) is 0 Å². The van der Waals surface area contributed by atoms with Crippen LogP contribution in [0.1, 0.15) is 44.1 Å². The minimum atomic E-state index is -0.393. The van der Waals surface area contributed by atoms with E-state index in [0.29, 0.717) is 6.42 Å². The molecule has 0 bridgehead atoms. The van der Waals surface area contributed by atoms with Crippen molar-refractivity contribution in [2.75, 3.05) is 26.2 Å². The number of halogens is 1. The van der Waals surface area contributed by atoms with Crippen LogP contribution in [0.15, 0.2) is 30.3 Å². The number of nitrogens with zero attached hydrogens (tertiary/aromatic N) is 1. The predicted octanol–water partition coefficient (Wildman–Crippen LogP) is 2.75. The quantitative estimate of drug-likeness (QED) is 0.878. The molecule has 3 rings (SSSR count). The van der Waals surface area contributed by atoms with Crippen molar-refractivity contribution < 1.29 is 4.79 Å². The first-order chi connectivity index (χ1) is 11.3. The highest BCUT2D eigenvalue weighted by molar-refractivity contribution is 5.85. The summed E-state index contributed by atoms with van der Waals surface area (Å²) in [5.41, 5.74) is 7.12. The lowest BCUT2D eigenvalue weighted by atomic mass is 10.0. The molecule has 136 valence electrons. The topological polar surface area (TPSA) is 58.4 Å². The van der Waals surface area contributed by atoms with E-state index < -0.39 is 6.04 Å². The summed E-state index contributed by atoms with van der Waals surface area (Å²) in [5.74, 6) is 0.105. The third-order valence-electron chi connectivity index (χ3n) is 4.49. The summed E-state index contributed by atoms with van der Waals surface area (Å²) in [6, 6.07) is 9.57. The van der Waals surface area contributed by atoms with Crippen LogP contribution < -0.4 is 11.1 Å². The fourth-order valence-corrected chi connectivity index (χ4v) is 3.11. The SMILES string of the molecule is C1CCNCC1.Cl.NC(Cc1ccccc1)C(=O)N1CCCCC1. The Hall–Kier alpha value is -1.10. The van der Waals surface area contributed by atoms with Crippen LogP contribution in [-0.2, 0) is 11.2 Å². The fraction of sp³-hybridized carbons (Fsp3) is 0.632. The summed E-state index contributed by atoms with van der Waals surface area (Å²) >= 11 is 0. The number of amides is 1. The smallest absolute Gasteiger partial charge is 0.239 e. The van der Waals surface area contributed by atoms with Gasteiger partial charge in [0.15, 0.2) is 0 Å². The molecule has 2 fully saturated rings. The summed E-state index contributed by atoms with van der Waals surface area (Å²) in [4.78, 5) is 14.0. The number of likely N-dealkylation sites (tertiary alicyclic amines) is 1. The van der Waals surface area contributed by atoms with Crippen molar-refractivity contribution in [1.29, 1.82) is 0 Å². The molecule has 2 saturated heterocycles. The normalized spacial score (nSPS) is 18.6. The molecule has 0 saturated carbocycles. The van der Waals surface area contributed by atoms with Gasteiger partial charge in [-0.3, -0.25) is 4.79 Å². The maximum Gasteiger partial charge on any atom is 0.239 e. The van der Waals surface area contributed by atoms with Crippen LogP contribution >= 0.6 is 12.4 Å². The number of benzene rings is 1. The molecule has 0 radical (unpaired) electrons. The minimum absolute atomic E-state index is 0. The van der Waals surface area contributed by atoms with Crippen LogP contribution in [0.3, 0.4) is 0 Å². The van der Waals surface area contributed by atoms with E-state index in [0.717, 1.165) is 31.5 Å². The van der Waals surface area contributed by atoms with Crippen molar-refractivity contribution in [1.82, 2.24) is 10.2 Å². The third kappa shape index (κ3) is 7.65. The molecule has 1 aromatic carbocycles. The Bertz CT molecular complexity index is 434. The lowest BCUT2D eigenvalue weighted by molar-refractivity contribution is -0.133. The average Bonchev–Trinajstić information content (AvgIpc) is 2.64. The molecule has 0 aromatic heterocycles. The molecule has 24 heavy (non-hydrogen) atoms. The zero-order chi connectivity index (χ0) is 16.3. The summed E-state index contributed by atoms with van der Waals surface area (Å²) in [6.45, 7) is 4.25. The van der Waals surface area contributed by atoms with Crippen molar-refractivity contribution in [3.8, 4) is 0 Å². The van der Waals surface area contributed by atoms with Gasteiger partial charge in [0.2, 0.25) is 5.91 Å². The van der Waals surface area contributed by atoms with E-state index in [1.165, 1.54) is 38.8 Å². The Morgan fingerprint density at radius 3 is 2.08 bits per heavy atom. The first-order valence-corrected chi connectivity index (χ1v) is 9.06. The van der Waals surface area contributed by atoms with E-state index in [1.54, 1.807) is 0 Å². The highest BCUT2D eigenvalue weighted by Crippen LogP contribution is 2.11. The van der Waals surface area contributed by atoms with Gasteiger partial charge in [-0.05, 0) is 57.2 Å². The Kier molecular flexibility index (Phi) is 10.7. The molecule has 2 aliphatic heterocycles. The van der Waals surface area contributed by atoms with Crippen molar-refractivity contribution in [2.45, 2.75) is 51.0 Å². The first-order valence-electron chi connectivity index (χ1n) is 9.06. The summed E-state index contributed by atoms with van der Waals surface area (Å²) < 4.78 is 0. The highest BCUT2D eigenvalue weighted by Gasteiger charge is 2.22. The van der Waals surface area contributed by atoms with Gasteiger partial charge in [-0.25, -0.2) is 0 Å². The van der Waals surface area contributed by atoms with Crippen LogP contribution in [0.5, 0.6) is 0 Å². The second kappa shape index (κ2) is 12.3. The van der Waals surface area contributed by atoms with Gasteiger partial charge < -0.3 is 16.0 Å². The number of piperidine rings is 2. The van der Waals surface area contributed by atoms with Gasteiger partial charge in [0.1, 0.15) is 0 Å². The monoisotopic (exact) mass is 353 g/mol. The second-order valence-corrected chi connectivity index (χ2v) is 6.49. The van der Waals surface area contributed by atoms with Crippen molar-refractivity contribution >= 4 is 18.3 Å². The molecule has 2 heterocycles. The number of hydrogen-bond acceptors (Lipinski definition) is 3. The molecule has 5 heteroatoms. The average molecular weight is 354 g/mol. The third-order valence-corrected chi connectivity index (χ3v) is 4.49. The molecule has 1 aromatic rings. The lowest BCUT2D eigenvalue weighted by Crippen LogP contribution is -2.46. The molecule has 0 spiro atoms. The number of carbonyl (C=O) groups excluding carboxylic acids is 1. The number of hydrogen-bond donors (Lipinski definition) is 2. The van der Waals surface area contributed by atoms with Gasteiger partial charge >= 0.3 is 0 Å². The Balaban J connectivity index is 0.000000349. The molecule has 4 nitrogen and oxygen atoms in total. The zero-order valence-corrected chi connectivity index (χ0v) is 15.4. The first kappa shape index (κ1) is 20.9. The van der Waals surface area contributed by atoms with Gasteiger partial charge in [0.25, 0.3) is 0 Å². The van der Waals surface area contributed by atoms with Gasteiger partial charge in [0.05, 0.1) is 6.04 Å². The van der Waals surface area contributed by atoms with Gasteiger partial charge in [-0.2, -0.15) is 0 Å². The van der Waals surface area contributed by atoms with Crippen molar-refractivity contribution in [3.05, 3.63) is 35.9 Å². The number of carbonyl (C=O) groups is 1. The van der Waals surface area contributed by atoms with E-state index in [-0.39, 0.29) is 18.3 Å².